The summed E-state index contributed by atoms with van der Waals surface area (Å²) in [4.78, 5) is 0. The Kier molecular flexibility index (Phi) is 18.1. The fourth-order valence-electron chi connectivity index (χ4n) is 3.38. The molecule has 0 aliphatic heterocycles. The molecule has 0 atom stereocenters. The Morgan fingerprint density at radius 2 is 0.710 bits per heavy atom. The van der Waals surface area contributed by atoms with Crippen molar-refractivity contribution in [1.29, 1.82) is 0 Å². The predicted octanol–water partition coefficient (Wildman–Crippen LogP) is 9.54. The van der Waals surface area contributed by atoms with Gasteiger partial charge in [-0.15, -0.1) is 0 Å². The Bertz CT molecular complexity index is 661. The monoisotopic (exact) mass is 425 g/mol. The molecular weight excluding hydrogens is 374 g/mol. The van der Waals surface area contributed by atoms with Gasteiger partial charge in [0, 0.05) is 6.54 Å². The second-order valence-corrected chi connectivity index (χ2v) is 9.47. The summed E-state index contributed by atoms with van der Waals surface area (Å²) in [5.41, 5.74) is 14.4. The van der Waals surface area contributed by atoms with E-state index in [2.05, 4.69) is 84.9 Å². The van der Waals surface area contributed by atoms with Gasteiger partial charge >= 0.3 is 0 Å². The molecule has 0 heterocycles. The molecule has 2 N–H and O–H groups in total. The molecular formula is C30H51N. The summed E-state index contributed by atoms with van der Waals surface area (Å²) in [5.74, 6) is 0. The van der Waals surface area contributed by atoms with E-state index in [0.29, 0.717) is 6.54 Å². The third kappa shape index (κ3) is 20.1. The average molecular weight is 426 g/mol. The molecule has 0 fully saturated rings. The minimum absolute atomic E-state index is 0.676. The summed E-state index contributed by atoms with van der Waals surface area (Å²) >= 11 is 0. The summed E-state index contributed by atoms with van der Waals surface area (Å²) in [6.45, 7) is 16.2. The smallest absolute Gasteiger partial charge is 0.0134 e. The van der Waals surface area contributed by atoms with E-state index in [1.807, 2.05) is 0 Å². The molecule has 0 aromatic rings. The van der Waals surface area contributed by atoms with E-state index in [-0.39, 0.29) is 0 Å². The van der Waals surface area contributed by atoms with Crippen LogP contribution in [0.15, 0.2) is 69.9 Å². The van der Waals surface area contributed by atoms with Crippen molar-refractivity contribution in [3.63, 3.8) is 0 Å². The summed E-state index contributed by atoms with van der Waals surface area (Å²) < 4.78 is 0. The van der Waals surface area contributed by atoms with Gasteiger partial charge in [0.25, 0.3) is 0 Å². The van der Waals surface area contributed by atoms with Crippen LogP contribution in [0, 0.1) is 0 Å². The molecule has 0 aliphatic carbocycles. The second-order valence-electron chi connectivity index (χ2n) is 9.47. The molecule has 0 unspecified atom stereocenters. The summed E-state index contributed by atoms with van der Waals surface area (Å²) in [5, 5.41) is 0. The first-order chi connectivity index (χ1) is 14.7. The standard InChI is InChI=1S/C30H51N/c1-25(2)14-10-17-28(5)20-11-18-26(3)15-8-9-16-27(4)19-12-21-29(6)22-13-23-30(7)24-31/h14-16,20-21,23H,8-13,17-19,22,24,31H2,1-7H3/b26-15+,27-16+,28-20+,29-21+,30-23?. The zero-order valence-electron chi connectivity index (χ0n) is 21.8. The van der Waals surface area contributed by atoms with Crippen molar-refractivity contribution in [3.05, 3.63) is 69.9 Å². The number of nitrogens with two attached hydrogens (primary N) is 1. The van der Waals surface area contributed by atoms with Gasteiger partial charge in [0.2, 0.25) is 0 Å². The fraction of sp³-hybridized carbons (Fsp3) is 0.600. The second kappa shape index (κ2) is 19.1. The van der Waals surface area contributed by atoms with E-state index in [1.165, 1.54) is 65.5 Å². The fourth-order valence-corrected chi connectivity index (χ4v) is 3.38. The van der Waals surface area contributed by atoms with Gasteiger partial charge in [-0.05, 0) is 113 Å². The molecule has 0 spiro atoms. The van der Waals surface area contributed by atoms with Gasteiger partial charge in [-0.1, -0.05) is 69.9 Å². The van der Waals surface area contributed by atoms with Crippen LogP contribution in [-0.4, -0.2) is 6.54 Å². The summed E-state index contributed by atoms with van der Waals surface area (Å²) in [7, 11) is 0. The first kappa shape index (κ1) is 29.4. The van der Waals surface area contributed by atoms with E-state index < -0.39 is 0 Å². The van der Waals surface area contributed by atoms with Crippen molar-refractivity contribution < 1.29 is 0 Å². The highest BCUT2D eigenvalue weighted by molar-refractivity contribution is 5.08. The highest BCUT2D eigenvalue weighted by Crippen LogP contribution is 2.14. The van der Waals surface area contributed by atoms with E-state index >= 15 is 0 Å². The van der Waals surface area contributed by atoms with Crippen LogP contribution in [0.3, 0.4) is 0 Å². The molecule has 0 aromatic carbocycles. The first-order valence-electron chi connectivity index (χ1n) is 12.4. The van der Waals surface area contributed by atoms with Crippen molar-refractivity contribution in [2.24, 2.45) is 5.73 Å². The molecule has 1 nitrogen and oxygen atoms in total. The van der Waals surface area contributed by atoms with Crippen LogP contribution in [0.25, 0.3) is 0 Å². The van der Waals surface area contributed by atoms with Crippen LogP contribution in [0.5, 0.6) is 0 Å². The van der Waals surface area contributed by atoms with Gasteiger partial charge in [0.1, 0.15) is 0 Å². The molecule has 0 saturated carbocycles. The third-order valence-corrected chi connectivity index (χ3v) is 5.66. The maximum Gasteiger partial charge on any atom is 0.0134 e. The molecule has 0 rings (SSSR count). The molecule has 1 heteroatoms. The summed E-state index contributed by atoms with van der Waals surface area (Å²) in [6.07, 6.45) is 25.9. The van der Waals surface area contributed by atoms with Crippen LogP contribution in [0.2, 0.25) is 0 Å². The zero-order chi connectivity index (χ0) is 23.5. The maximum absolute atomic E-state index is 5.63. The molecule has 0 aliphatic rings. The van der Waals surface area contributed by atoms with Crippen LogP contribution in [-0.2, 0) is 0 Å². The van der Waals surface area contributed by atoms with Gasteiger partial charge in [-0.2, -0.15) is 0 Å². The van der Waals surface area contributed by atoms with Gasteiger partial charge in [-0.3, -0.25) is 0 Å². The maximum atomic E-state index is 5.63. The van der Waals surface area contributed by atoms with Crippen molar-refractivity contribution in [2.75, 3.05) is 6.54 Å². The molecule has 0 aromatic heterocycles. The van der Waals surface area contributed by atoms with Crippen LogP contribution in [0.4, 0.5) is 0 Å². The van der Waals surface area contributed by atoms with Crippen molar-refractivity contribution >= 4 is 0 Å². The van der Waals surface area contributed by atoms with E-state index in [1.54, 1.807) is 0 Å². The van der Waals surface area contributed by atoms with Crippen molar-refractivity contribution in [2.45, 2.75) is 113 Å². The topological polar surface area (TPSA) is 26.0 Å². The lowest BCUT2D eigenvalue weighted by Gasteiger charge is -2.03. The minimum Gasteiger partial charge on any atom is -0.327 e. The van der Waals surface area contributed by atoms with E-state index in [0.717, 1.165) is 32.1 Å². The number of allylic oxidation sites excluding steroid dienone is 11. The van der Waals surface area contributed by atoms with E-state index in [9.17, 15) is 0 Å². The lowest BCUT2D eigenvalue weighted by Crippen LogP contribution is -1.99. The van der Waals surface area contributed by atoms with Gasteiger partial charge in [0.05, 0.1) is 0 Å². The van der Waals surface area contributed by atoms with Crippen LogP contribution in [0.1, 0.15) is 113 Å². The van der Waals surface area contributed by atoms with Crippen molar-refractivity contribution in [3.8, 4) is 0 Å². The largest absolute Gasteiger partial charge is 0.327 e. The lowest BCUT2D eigenvalue weighted by molar-refractivity contribution is 0.895. The molecule has 0 bridgehead atoms. The normalized spacial score (nSPS) is 14.3. The molecule has 176 valence electrons. The average Bonchev–Trinajstić information content (AvgIpc) is 2.70. The highest BCUT2D eigenvalue weighted by Gasteiger charge is 1.94. The molecule has 31 heavy (non-hydrogen) atoms. The molecule has 0 radical (unpaired) electrons. The quantitative estimate of drug-likeness (QED) is 0.193. The SMILES string of the molecule is CC(C)=CCC/C(C)=C/CC/C(C)=C/CC/C=C(\C)CC/C=C(\C)CCC=C(C)CN. The third-order valence-electron chi connectivity index (χ3n) is 5.66. The van der Waals surface area contributed by atoms with Gasteiger partial charge in [0.15, 0.2) is 0 Å². The molecule has 0 saturated heterocycles. The Morgan fingerprint density at radius 1 is 0.419 bits per heavy atom. The van der Waals surface area contributed by atoms with Crippen LogP contribution < -0.4 is 5.73 Å². The summed E-state index contributed by atoms with van der Waals surface area (Å²) in [6, 6.07) is 0. The van der Waals surface area contributed by atoms with Gasteiger partial charge in [-0.25, -0.2) is 0 Å². The lowest BCUT2D eigenvalue weighted by atomic mass is 10.0. The number of rotatable bonds is 16. The predicted molar refractivity (Wildman–Crippen MR) is 143 cm³/mol. The Labute approximate surface area is 195 Å². The Hall–Kier alpha value is -1.60. The highest BCUT2D eigenvalue weighted by atomic mass is 14.5. The van der Waals surface area contributed by atoms with Gasteiger partial charge < -0.3 is 5.73 Å². The zero-order valence-corrected chi connectivity index (χ0v) is 21.8. The minimum atomic E-state index is 0.676. The number of hydrogen-bond acceptors (Lipinski definition) is 1. The number of unbranched alkanes of at least 4 members (excludes halogenated alkanes) is 1. The van der Waals surface area contributed by atoms with Crippen LogP contribution >= 0.6 is 0 Å². The van der Waals surface area contributed by atoms with E-state index in [4.69, 9.17) is 5.73 Å². The van der Waals surface area contributed by atoms with Crippen molar-refractivity contribution in [1.82, 2.24) is 0 Å². The Balaban J connectivity index is 4.07. The Morgan fingerprint density at radius 3 is 1.03 bits per heavy atom. The number of hydrogen-bond donors (Lipinski definition) is 1. The first-order valence-corrected chi connectivity index (χ1v) is 12.4. The molecule has 0 amide bonds.